The zero-order valence-electron chi connectivity index (χ0n) is 11.4. The molecule has 108 valence electrons. The summed E-state index contributed by atoms with van der Waals surface area (Å²) in [5, 5.41) is 11.0. The van der Waals surface area contributed by atoms with Crippen molar-refractivity contribution in [2.45, 2.75) is 25.4 Å². The third-order valence-electron chi connectivity index (χ3n) is 3.51. The number of thiophene rings is 1. The van der Waals surface area contributed by atoms with Gasteiger partial charge in [0.25, 0.3) is 5.91 Å². The first-order chi connectivity index (χ1) is 10.1. The molecule has 0 bridgehead atoms. The van der Waals surface area contributed by atoms with Crippen LogP contribution in [0, 0.1) is 0 Å². The molecule has 1 N–H and O–H groups in total. The van der Waals surface area contributed by atoms with E-state index in [1.807, 2.05) is 22.4 Å². The molecular formula is C16H15NO3S. The van der Waals surface area contributed by atoms with Gasteiger partial charge < -0.3 is 10.0 Å². The van der Waals surface area contributed by atoms with Crippen LogP contribution in [0.3, 0.4) is 0 Å². The minimum absolute atomic E-state index is 0.0889. The first kappa shape index (κ1) is 13.8. The molecule has 1 aromatic heterocycles. The van der Waals surface area contributed by atoms with E-state index < -0.39 is 5.97 Å². The van der Waals surface area contributed by atoms with Crippen molar-refractivity contribution in [3.05, 3.63) is 57.8 Å². The number of hydrogen-bond acceptors (Lipinski definition) is 3. The standard InChI is InChI=1S/C16H15NO3S/c18-15(11-3-1-4-12(9-11)16(19)20)17(13-6-7-13)10-14-5-2-8-21-14/h1-5,8-9,13H,6-7,10H2,(H,19,20). The Balaban J connectivity index is 1.84. The average molecular weight is 301 g/mol. The van der Waals surface area contributed by atoms with Crippen LogP contribution in [0.4, 0.5) is 0 Å². The van der Waals surface area contributed by atoms with Crippen LogP contribution in [0.25, 0.3) is 0 Å². The summed E-state index contributed by atoms with van der Waals surface area (Å²) in [6.07, 6.45) is 2.05. The Labute approximate surface area is 126 Å². The maximum absolute atomic E-state index is 12.7. The fourth-order valence-electron chi connectivity index (χ4n) is 2.27. The summed E-state index contributed by atoms with van der Waals surface area (Å²) in [5.41, 5.74) is 0.589. The van der Waals surface area contributed by atoms with E-state index in [2.05, 4.69) is 0 Å². The lowest BCUT2D eigenvalue weighted by Crippen LogP contribution is -2.32. The molecule has 1 amide bonds. The van der Waals surface area contributed by atoms with Crippen LogP contribution in [0.2, 0.25) is 0 Å². The number of carbonyl (C=O) groups excluding carboxylic acids is 1. The lowest BCUT2D eigenvalue weighted by Gasteiger charge is -2.22. The Morgan fingerprint density at radius 1 is 1.19 bits per heavy atom. The zero-order valence-corrected chi connectivity index (χ0v) is 12.2. The highest BCUT2D eigenvalue weighted by atomic mass is 32.1. The topological polar surface area (TPSA) is 57.6 Å². The number of carbonyl (C=O) groups is 2. The first-order valence-corrected chi connectivity index (χ1v) is 7.70. The van der Waals surface area contributed by atoms with Crippen molar-refractivity contribution in [1.29, 1.82) is 0 Å². The SMILES string of the molecule is O=C(O)c1cccc(C(=O)N(Cc2cccs2)C2CC2)c1. The van der Waals surface area contributed by atoms with Crippen molar-refractivity contribution in [1.82, 2.24) is 4.90 Å². The van der Waals surface area contributed by atoms with E-state index in [1.165, 1.54) is 12.1 Å². The van der Waals surface area contributed by atoms with Gasteiger partial charge in [0.15, 0.2) is 0 Å². The van der Waals surface area contributed by atoms with Crippen molar-refractivity contribution < 1.29 is 14.7 Å². The van der Waals surface area contributed by atoms with Gasteiger partial charge in [-0.1, -0.05) is 12.1 Å². The van der Waals surface area contributed by atoms with Gasteiger partial charge in [0.2, 0.25) is 0 Å². The molecule has 0 radical (unpaired) electrons. The summed E-state index contributed by atoms with van der Waals surface area (Å²) in [6.45, 7) is 0.596. The Bertz CT molecular complexity index is 662. The third kappa shape index (κ3) is 3.13. The molecule has 0 saturated heterocycles. The van der Waals surface area contributed by atoms with Gasteiger partial charge in [-0.25, -0.2) is 4.79 Å². The molecular weight excluding hydrogens is 286 g/mol. The maximum Gasteiger partial charge on any atom is 0.335 e. The molecule has 0 atom stereocenters. The molecule has 1 saturated carbocycles. The van der Waals surface area contributed by atoms with Gasteiger partial charge in [-0.2, -0.15) is 0 Å². The lowest BCUT2D eigenvalue weighted by molar-refractivity contribution is 0.0697. The van der Waals surface area contributed by atoms with E-state index in [0.29, 0.717) is 12.1 Å². The highest BCUT2D eigenvalue weighted by Gasteiger charge is 2.33. The van der Waals surface area contributed by atoms with Crippen molar-refractivity contribution in [3.63, 3.8) is 0 Å². The molecule has 1 aromatic carbocycles. The number of nitrogens with zero attached hydrogens (tertiary/aromatic N) is 1. The second kappa shape index (κ2) is 5.69. The van der Waals surface area contributed by atoms with Crippen molar-refractivity contribution in [2.24, 2.45) is 0 Å². The molecule has 4 nitrogen and oxygen atoms in total. The number of aromatic carboxylic acids is 1. The number of carboxylic acids is 1. The molecule has 3 rings (SSSR count). The Kier molecular flexibility index (Phi) is 3.75. The Hall–Kier alpha value is -2.14. The van der Waals surface area contributed by atoms with Crippen molar-refractivity contribution in [2.75, 3.05) is 0 Å². The van der Waals surface area contributed by atoms with Gasteiger partial charge in [-0.3, -0.25) is 4.79 Å². The molecule has 1 fully saturated rings. The number of benzene rings is 1. The maximum atomic E-state index is 12.7. The highest BCUT2D eigenvalue weighted by Crippen LogP contribution is 2.30. The summed E-state index contributed by atoms with van der Waals surface area (Å²) in [6, 6.07) is 10.5. The summed E-state index contributed by atoms with van der Waals surface area (Å²) < 4.78 is 0. The quantitative estimate of drug-likeness (QED) is 0.922. The predicted molar refractivity (Wildman–Crippen MR) is 80.6 cm³/mol. The fourth-order valence-corrected chi connectivity index (χ4v) is 2.98. The van der Waals surface area contributed by atoms with Crippen LogP contribution < -0.4 is 0 Å². The minimum Gasteiger partial charge on any atom is -0.478 e. The first-order valence-electron chi connectivity index (χ1n) is 6.82. The fraction of sp³-hybridized carbons (Fsp3) is 0.250. The molecule has 21 heavy (non-hydrogen) atoms. The normalized spacial score (nSPS) is 13.9. The smallest absolute Gasteiger partial charge is 0.335 e. The molecule has 0 unspecified atom stereocenters. The van der Waals surface area contributed by atoms with Crippen LogP contribution in [0.5, 0.6) is 0 Å². The molecule has 0 aliphatic heterocycles. The summed E-state index contributed by atoms with van der Waals surface area (Å²) in [5.74, 6) is -1.10. The monoisotopic (exact) mass is 301 g/mol. The Morgan fingerprint density at radius 2 is 1.95 bits per heavy atom. The summed E-state index contributed by atoms with van der Waals surface area (Å²) in [4.78, 5) is 26.7. The van der Waals surface area contributed by atoms with Crippen LogP contribution in [-0.4, -0.2) is 27.9 Å². The number of carboxylic acid groups (broad SMARTS) is 1. The highest BCUT2D eigenvalue weighted by molar-refractivity contribution is 7.09. The van der Waals surface area contributed by atoms with Crippen molar-refractivity contribution >= 4 is 23.2 Å². The summed E-state index contributed by atoms with van der Waals surface area (Å²) >= 11 is 1.63. The van der Waals surface area contributed by atoms with Crippen molar-refractivity contribution in [3.8, 4) is 0 Å². The van der Waals surface area contributed by atoms with Gasteiger partial charge in [0.05, 0.1) is 12.1 Å². The van der Waals surface area contributed by atoms with Crippen LogP contribution >= 0.6 is 11.3 Å². The number of rotatable bonds is 5. The molecule has 2 aromatic rings. The largest absolute Gasteiger partial charge is 0.478 e. The van der Waals surface area contributed by atoms with Gasteiger partial charge >= 0.3 is 5.97 Å². The van der Waals surface area contributed by atoms with Crippen LogP contribution in [-0.2, 0) is 6.54 Å². The van der Waals surface area contributed by atoms with Gasteiger partial charge in [-0.05, 0) is 42.5 Å². The molecule has 1 aliphatic rings. The van der Waals surface area contributed by atoms with Gasteiger partial charge in [0.1, 0.15) is 0 Å². The predicted octanol–water partition coefficient (Wildman–Crippen LogP) is 3.25. The molecule has 1 heterocycles. The van der Waals surface area contributed by atoms with Gasteiger partial charge in [-0.15, -0.1) is 11.3 Å². The Morgan fingerprint density at radius 3 is 2.57 bits per heavy atom. The second-order valence-corrected chi connectivity index (χ2v) is 6.16. The summed E-state index contributed by atoms with van der Waals surface area (Å²) in [7, 11) is 0. The van der Waals surface area contributed by atoms with E-state index in [4.69, 9.17) is 5.11 Å². The second-order valence-electron chi connectivity index (χ2n) is 5.13. The average Bonchev–Trinajstić information content (AvgIpc) is 3.20. The minimum atomic E-state index is -1.01. The van der Waals surface area contributed by atoms with E-state index in [0.717, 1.165) is 17.7 Å². The van der Waals surface area contributed by atoms with Gasteiger partial charge in [0, 0.05) is 16.5 Å². The van der Waals surface area contributed by atoms with E-state index in [1.54, 1.807) is 23.5 Å². The third-order valence-corrected chi connectivity index (χ3v) is 4.37. The van der Waals surface area contributed by atoms with E-state index >= 15 is 0 Å². The number of hydrogen-bond donors (Lipinski definition) is 1. The van der Waals surface area contributed by atoms with Crippen LogP contribution in [0.1, 0.15) is 38.4 Å². The molecule has 1 aliphatic carbocycles. The zero-order chi connectivity index (χ0) is 14.8. The van der Waals surface area contributed by atoms with E-state index in [9.17, 15) is 9.59 Å². The number of amides is 1. The molecule has 5 heteroatoms. The lowest BCUT2D eigenvalue weighted by atomic mass is 10.1. The molecule has 0 spiro atoms. The van der Waals surface area contributed by atoms with E-state index in [-0.39, 0.29) is 17.5 Å². The van der Waals surface area contributed by atoms with Crippen LogP contribution in [0.15, 0.2) is 41.8 Å².